The maximum absolute atomic E-state index is 13.2. The topological polar surface area (TPSA) is 0 Å². The number of hydrogen-bond donors (Lipinski definition) is 0. The normalized spacial score (nSPS) is 21.6. The van der Waals surface area contributed by atoms with Crippen molar-refractivity contribution in [2.24, 2.45) is 5.92 Å². The van der Waals surface area contributed by atoms with E-state index in [-0.39, 0.29) is 38.5 Å². The fourth-order valence-electron chi connectivity index (χ4n) is 3.16. The van der Waals surface area contributed by atoms with Crippen LogP contribution >= 0.6 is 0 Å². The first-order valence-corrected chi connectivity index (χ1v) is 7.50. The molecule has 1 fully saturated rings. The van der Waals surface area contributed by atoms with Crippen LogP contribution in [-0.4, -0.2) is 0 Å². The molecule has 0 aromatic heterocycles. The molecule has 0 amide bonds. The van der Waals surface area contributed by atoms with Gasteiger partial charge in [-0.05, 0) is 35.8 Å². The predicted molar refractivity (Wildman–Crippen MR) is 81.0 cm³/mol. The van der Waals surface area contributed by atoms with Crippen LogP contribution in [0.15, 0.2) is 42.5 Å². The molecule has 21 heavy (non-hydrogen) atoms. The summed E-state index contributed by atoms with van der Waals surface area (Å²) in [4.78, 5) is 0. The van der Waals surface area contributed by atoms with Gasteiger partial charge in [0.25, 0.3) is 0 Å². The van der Waals surface area contributed by atoms with Crippen LogP contribution in [0.25, 0.3) is 11.1 Å². The first kappa shape index (κ1) is 16.8. The molecule has 0 bridgehead atoms. The molecule has 1 aliphatic carbocycles. The summed E-state index contributed by atoms with van der Waals surface area (Å²) in [6.07, 6.45) is 5.28. The Bertz CT molecular complexity index is 568. The van der Waals surface area contributed by atoms with Gasteiger partial charge in [-0.25, -0.2) is 4.39 Å². The van der Waals surface area contributed by atoms with Crippen LogP contribution in [0.3, 0.4) is 0 Å². The molecule has 0 spiro atoms. The molecule has 2 aromatic rings. The molecule has 2 aromatic carbocycles. The Balaban J connectivity index is 0.00000161. The van der Waals surface area contributed by atoms with Crippen molar-refractivity contribution in [1.29, 1.82) is 0 Å². The van der Waals surface area contributed by atoms with Crippen molar-refractivity contribution < 1.29 is 37.1 Å². The van der Waals surface area contributed by atoms with Crippen LogP contribution in [-0.2, 0) is 32.7 Å². The molecular formula is C19H20FY+2. The molecule has 3 rings (SSSR count). The second-order valence-corrected chi connectivity index (χ2v) is 6.00. The average molecular weight is 356 g/mol. The van der Waals surface area contributed by atoms with E-state index in [1.165, 1.54) is 37.3 Å². The van der Waals surface area contributed by atoms with Gasteiger partial charge in [0, 0.05) is 5.82 Å². The standard InChI is InChI=1S/C19H20F.Y/c1-14-5-7-15(8-6-14)16-9-11-17(12-10-16)18-3-2-4-19(20)13-18;/h2-3,9-15H,5-8H2,1H3;/q-1;+3. The number of rotatable bonds is 2. The van der Waals surface area contributed by atoms with Crippen molar-refractivity contribution in [3.05, 3.63) is 59.9 Å². The summed E-state index contributed by atoms with van der Waals surface area (Å²) in [6.45, 7) is 2.35. The van der Waals surface area contributed by atoms with E-state index in [2.05, 4.69) is 37.3 Å². The fraction of sp³-hybridized carbons (Fsp3) is 0.368. The van der Waals surface area contributed by atoms with Crippen LogP contribution in [0.5, 0.6) is 0 Å². The van der Waals surface area contributed by atoms with E-state index in [4.69, 9.17) is 0 Å². The summed E-state index contributed by atoms with van der Waals surface area (Å²) >= 11 is 0. The molecule has 1 aliphatic rings. The molecule has 2 heteroatoms. The molecule has 0 heterocycles. The number of benzene rings is 2. The van der Waals surface area contributed by atoms with Gasteiger partial charge in [-0.1, -0.05) is 44.0 Å². The SMILES string of the molecule is CC1CCC(c2ccc(-c3cc[c-]c(F)c3)cc2)CC1.[Y+3]. The van der Waals surface area contributed by atoms with Crippen molar-refractivity contribution in [3.8, 4) is 11.1 Å². The molecule has 0 atom stereocenters. The van der Waals surface area contributed by atoms with Gasteiger partial charge >= 0.3 is 32.7 Å². The van der Waals surface area contributed by atoms with Gasteiger partial charge in [-0.15, -0.1) is 17.7 Å². The van der Waals surface area contributed by atoms with Crippen molar-refractivity contribution in [3.63, 3.8) is 0 Å². The van der Waals surface area contributed by atoms with Gasteiger partial charge in [-0.3, -0.25) is 0 Å². The number of hydrogen-bond acceptors (Lipinski definition) is 0. The Morgan fingerprint density at radius 1 is 0.952 bits per heavy atom. The monoisotopic (exact) mass is 356 g/mol. The zero-order chi connectivity index (χ0) is 13.9. The minimum absolute atomic E-state index is 0. The van der Waals surface area contributed by atoms with E-state index in [0.717, 1.165) is 17.0 Å². The molecule has 0 N–H and O–H groups in total. The average Bonchev–Trinajstić information content (AvgIpc) is 2.48. The van der Waals surface area contributed by atoms with Crippen LogP contribution in [0.2, 0.25) is 0 Å². The molecule has 0 aliphatic heterocycles. The van der Waals surface area contributed by atoms with Gasteiger partial charge in [0.1, 0.15) is 0 Å². The Morgan fingerprint density at radius 3 is 2.24 bits per heavy atom. The third-order valence-corrected chi connectivity index (χ3v) is 4.50. The third-order valence-electron chi connectivity index (χ3n) is 4.50. The summed E-state index contributed by atoms with van der Waals surface area (Å²) in [5, 5.41) is 0. The number of halogens is 1. The third kappa shape index (κ3) is 4.23. The van der Waals surface area contributed by atoms with Gasteiger partial charge < -0.3 is 0 Å². The van der Waals surface area contributed by atoms with Crippen LogP contribution in [0.1, 0.15) is 44.1 Å². The Labute approximate surface area is 152 Å². The molecule has 1 saturated carbocycles. The van der Waals surface area contributed by atoms with E-state index in [1.807, 2.05) is 6.07 Å². The van der Waals surface area contributed by atoms with Crippen molar-refractivity contribution in [2.75, 3.05) is 0 Å². The van der Waals surface area contributed by atoms with Crippen molar-refractivity contribution >= 4 is 0 Å². The maximum atomic E-state index is 13.2. The second-order valence-electron chi connectivity index (χ2n) is 6.00. The molecular weight excluding hydrogens is 336 g/mol. The molecule has 104 valence electrons. The zero-order valence-corrected chi connectivity index (χ0v) is 15.3. The molecule has 0 radical (unpaired) electrons. The van der Waals surface area contributed by atoms with Gasteiger partial charge in [-0.2, -0.15) is 12.1 Å². The summed E-state index contributed by atoms with van der Waals surface area (Å²) < 4.78 is 13.2. The van der Waals surface area contributed by atoms with E-state index >= 15 is 0 Å². The Kier molecular flexibility index (Phi) is 6.13. The minimum Gasteiger partial charge on any atom is -0.236 e. The van der Waals surface area contributed by atoms with Crippen molar-refractivity contribution in [2.45, 2.75) is 38.5 Å². The summed E-state index contributed by atoms with van der Waals surface area (Å²) in [5.41, 5.74) is 3.43. The van der Waals surface area contributed by atoms with Crippen LogP contribution in [0.4, 0.5) is 4.39 Å². The zero-order valence-electron chi connectivity index (χ0n) is 12.5. The minimum atomic E-state index is -0.298. The largest absolute Gasteiger partial charge is 3.00 e. The maximum Gasteiger partial charge on any atom is 3.00 e. The summed E-state index contributed by atoms with van der Waals surface area (Å²) in [7, 11) is 0. The Morgan fingerprint density at radius 2 is 1.62 bits per heavy atom. The summed E-state index contributed by atoms with van der Waals surface area (Å²) in [5.74, 6) is 1.29. The second kappa shape index (κ2) is 7.65. The van der Waals surface area contributed by atoms with E-state index in [0.29, 0.717) is 5.92 Å². The first-order valence-electron chi connectivity index (χ1n) is 7.50. The van der Waals surface area contributed by atoms with Gasteiger partial charge in [0.2, 0.25) is 0 Å². The van der Waals surface area contributed by atoms with Gasteiger partial charge in [0.05, 0.1) is 0 Å². The van der Waals surface area contributed by atoms with Crippen LogP contribution < -0.4 is 0 Å². The Hall–Kier alpha value is -0.526. The molecule has 0 unspecified atom stereocenters. The molecule has 0 nitrogen and oxygen atoms in total. The van der Waals surface area contributed by atoms with E-state index in [1.54, 1.807) is 6.07 Å². The quantitative estimate of drug-likeness (QED) is 0.616. The fourth-order valence-corrected chi connectivity index (χ4v) is 3.16. The van der Waals surface area contributed by atoms with E-state index in [9.17, 15) is 4.39 Å². The predicted octanol–water partition coefficient (Wildman–Crippen LogP) is 5.58. The van der Waals surface area contributed by atoms with E-state index < -0.39 is 0 Å². The summed E-state index contributed by atoms with van der Waals surface area (Å²) in [6, 6.07) is 16.3. The smallest absolute Gasteiger partial charge is 0.236 e. The van der Waals surface area contributed by atoms with Crippen molar-refractivity contribution in [1.82, 2.24) is 0 Å². The first-order chi connectivity index (χ1) is 9.72. The molecule has 0 saturated heterocycles. The van der Waals surface area contributed by atoms with Crippen LogP contribution in [0, 0.1) is 17.8 Å². The van der Waals surface area contributed by atoms with Gasteiger partial charge in [0.15, 0.2) is 0 Å².